The van der Waals surface area contributed by atoms with Gasteiger partial charge in [0.1, 0.15) is 5.75 Å². The second-order valence-electron chi connectivity index (χ2n) is 7.19. The van der Waals surface area contributed by atoms with Crippen molar-refractivity contribution in [3.63, 3.8) is 0 Å². The Morgan fingerprint density at radius 1 is 0.933 bits per heavy atom. The summed E-state index contributed by atoms with van der Waals surface area (Å²) in [5, 5.41) is 0. The molecule has 1 aromatic heterocycles. The van der Waals surface area contributed by atoms with Gasteiger partial charge in [-0.1, -0.05) is 35.9 Å². The number of nitrogens with zero attached hydrogens (tertiary/aromatic N) is 1. The summed E-state index contributed by atoms with van der Waals surface area (Å²) in [4.78, 5) is 28.0. The average molecular weight is 407 g/mol. The first-order valence-electron chi connectivity index (χ1n) is 9.69. The van der Waals surface area contributed by atoms with E-state index in [0.717, 1.165) is 22.3 Å². The standard InChI is InChI=1S/C23H25N3O4/c1-15-4-6-18(7-5-15)20-13-24-23(30-20)9-8-21(27)25-26-22(28)14-29-19-11-16(2)10-17(3)12-19/h4-7,10-13H,8-9,14H2,1-3H3,(H,25,27)(H,26,28). The zero-order chi connectivity index (χ0) is 21.5. The quantitative estimate of drug-likeness (QED) is 0.586. The van der Waals surface area contributed by atoms with Crippen LogP contribution < -0.4 is 15.6 Å². The van der Waals surface area contributed by atoms with Gasteiger partial charge in [-0.15, -0.1) is 0 Å². The van der Waals surface area contributed by atoms with Crippen molar-refractivity contribution >= 4 is 11.8 Å². The Hall–Kier alpha value is -3.61. The van der Waals surface area contributed by atoms with Crippen molar-refractivity contribution in [3.05, 3.63) is 71.2 Å². The molecule has 0 aliphatic heterocycles. The molecular weight excluding hydrogens is 382 g/mol. The van der Waals surface area contributed by atoms with Gasteiger partial charge < -0.3 is 9.15 Å². The number of carbonyl (C=O) groups is 2. The number of carbonyl (C=O) groups excluding carboxylic acids is 2. The van der Waals surface area contributed by atoms with Crippen LogP contribution in [0.3, 0.4) is 0 Å². The summed E-state index contributed by atoms with van der Waals surface area (Å²) >= 11 is 0. The van der Waals surface area contributed by atoms with Crippen LogP contribution in [0, 0.1) is 20.8 Å². The second kappa shape index (κ2) is 9.73. The molecule has 2 amide bonds. The fourth-order valence-corrected chi connectivity index (χ4v) is 2.90. The third-order valence-electron chi connectivity index (χ3n) is 4.36. The highest BCUT2D eigenvalue weighted by Gasteiger charge is 2.10. The maximum absolute atomic E-state index is 12.0. The van der Waals surface area contributed by atoms with Crippen LogP contribution in [-0.2, 0) is 16.0 Å². The van der Waals surface area contributed by atoms with E-state index in [0.29, 0.717) is 23.8 Å². The van der Waals surface area contributed by atoms with Gasteiger partial charge in [0.2, 0.25) is 5.91 Å². The normalized spacial score (nSPS) is 10.5. The Labute approximate surface area is 175 Å². The number of ether oxygens (including phenoxy) is 1. The Morgan fingerprint density at radius 2 is 1.60 bits per heavy atom. The Morgan fingerprint density at radius 3 is 2.30 bits per heavy atom. The Balaban J connectivity index is 1.39. The number of rotatable bonds is 7. The lowest BCUT2D eigenvalue weighted by atomic mass is 10.1. The third-order valence-corrected chi connectivity index (χ3v) is 4.36. The molecule has 30 heavy (non-hydrogen) atoms. The molecule has 0 saturated heterocycles. The fraction of sp³-hybridized carbons (Fsp3) is 0.261. The average Bonchev–Trinajstić information content (AvgIpc) is 3.18. The highest BCUT2D eigenvalue weighted by Crippen LogP contribution is 2.21. The molecule has 0 aliphatic rings. The zero-order valence-electron chi connectivity index (χ0n) is 17.3. The lowest BCUT2D eigenvalue weighted by Gasteiger charge is -2.09. The zero-order valence-corrected chi connectivity index (χ0v) is 17.3. The van der Waals surface area contributed by atoms with Gasteiger partial charge in [-0.05, 0) is 44.0 Å². The summed E-state index contributed by atoms with van der Waals surface area (Å²) in [7, 11) is 0. The summed E-state index contributed by atoms with van der Waals surface area (Å²) in [6.45, 7) is 5.74. The molecule has 2 N–H and O–H groups in total. The van der Waals surface area contributed by atoms with Crippen LogP contribution in [0.4, 0.5) is 0 Å². The number of hydrogen-bond acceptors (Lipinski definition) is 5. The number of aromatic nitrogens is 1. The van der Waals surface area contributed by atoms with Gasteiger partial charge in [-0.2, -0.15) is 0 Å². The molecule has 3 rings (SSSR count). The molecule has 7 heteroatoms. The van der Waals surface area contributed by atoms with Crippen LogP contribution in [0.1, 0.15) is 29.0 Å². The lowest BCUT2D eigenvalue weighted by Crippen LogP contribution is -2.43. The van der Waals surface area contributed by atoms with Crippen LogP contribution in [-0.4, -0.2) is 23.4 Å². The van der Waals surface area contributed by atoms with E-state index in [-0.39, 0.29) is 18.9 Å². The van der Waals surface area contributed by atoms with Gasteiger partial charge >= 0.3 is 0 Å². The monoisotopic (exact) mass is 407 g/mol. The lowest BCUT2D eigenvalue weighted by molar-refractivity contribution is -0.130. The van der Waals surface area contributed by atoms with Crippen molar-refractivity contribution < 1.29 is 18.7 Å². The smallest absolute Gasteiger partial charge is 0.276 e. The topological polar surface area (TPSA) is 93.5 Å². The van der Waals surface area contributed by atoms with E-state index >= 15 is 0 Å². The summed E-state index contributed by atoms with van der Waals surface area (Å²) in [5.74, 6) is 0.944. The molecule has 0 saturated carbocycles. The minimum Gasteiger partial charge on any atom is -0.484 e. The molecule has 1 heterocycles. The minimum absolute atomic E-state index is 0.131. The largest absolute Gasteiger partial charge is 0.484 e. The number of aryl methyl sites for hydroxylation is 4. The summed E-state index contributed by atoms with van der Waals surface area (Å²) < 4.78 is 11.1. The Bertz CT molecular complexity index is 1000. The van der Waals surface area contributed by atoms with E-state index in [2.05, 4.69) is 15.8 Å². The van der Waals surface area contributed by atoms with Gasteiger partial charge in [-0.25, -0.2) is 4.98 Å². The van der Waals surface area contributed by atoms with Crippen LogP contribution in [0.5, 0.6) is 5.75 Å². The predicted molar refractivity (Wildman–Crippen MR) is 113 cm³/mol. The molecular formula is C23H25N3O4. The van der Waals surface area contributed by atoms with Gasteiger partial charge in [0.05, 0.1) is 6.20 Å². The molecule has 3 aromatic rings. The van der Waals surface area contributed by atoms with Gasteiger partial charge in [0.15, 0.2) is 18.3 Å². The van der Waals surface area contributed by atoms with E-state index in [1.165, 1.54) is 0 Å². The van der Waals surface area contributed by atoms with Crippen molar-refractivity contribution in [1.29, 1.82) is 0 Å². The number of nitrogens with one attached hydrogen (secondary N) is 2. The van der Waals surface area contributed by atoms with E-state index in [1.54, 1.807) is 6.20 Å². The maximum atomic E-state index is 12.0. The molecule has 0 aliphatic carbocycles. The van der Waals surface area contributed by atoms with Crippen LogP contribution in [0.15, 0.2) is 53.1 Å². The maximum Gasteiger partial charge on any atom is 0.276 e. The molecule has 0 spiro atoms. The molecule has 0 unspecified atom stereocenters. The summed E-state index contributed by atoms with van der Waals surface area (Å²) in [6.07, 6.45) is 2.10. The number of benzene rings is 2. The highest BCUT2D eigenvalue weighted by atomic mass is 16.5. The molecule has 0 fully saturated rings. The number of amides is 2. The van der Waals surface area contributed by atoms with E-state index in [1.807, 2.05) is 63.2 Å². The van der Waals surface area contributed by atoms with Crippen molar-refractivity contribution in [2.24, 2.45) is 0 Å². The second-order valence-corrected chi connectivity index (χ2v) is 7.19. The number of hydrazine groups is 1. The number of oxazole rings is 1. The fourth-order valence-electron chi connectivity index (χ4n) is 2.90. The minimum atomic E-state index is -0.444. The highest BCUT2D eigenvalue weighted by molar-refractivity contribution is 5.82. The molecule has 0 radical (unpaired) electrons. The molecule has 7 nitrogen and oxygen atoms in total. The number of hydrogen-bond donors (Lipinski definition) is 2. The van der Waals surface area contributed by atoms with Crippen molar-refractivity contribution in [3.8, 4) is 17.1 Å². The van der Waals surface area contributed by atoms with Gasteiger partial charge in [0.25, 0.3) is 5.91 Å². The third kappa shape index (κ3) is 6.20. The summed E-state index contributed by atoms with van der Waals surface area (Å²) in [6, 6.07) is 13.6. The first-order chi connectivity index (χ1) is 14.4. The van der Waals surface area contributed by atoms with Gasteiger partial charge in [0, 0.05) is 18.4 Å². The van der Waals surface area contributed by atoms with Crippen LogP contribution >= 0.6 is 0 Å². The van der Waals surface area contributed by atoms with Crippen molar-refractivity contribution in [1.82, 2.24) is 15.8 Å². The molecule has 2 aromatic carbocycles. The van der Waals surface area contributed by atoms with Crippen molar-refractivity contribution in [2.45, 2.75) is 33.6 Å². The van der Waals surface area contributed by atoms with Crippen molar-refractivity contribution in [2.75, 3.05) is 6.61 Å². The SMILES string of the molecule is Cc1ccc(-c2cnc(CCC(=O)NNC(=O)COc3cc(C)cc(C)c3)o2)cc1. The molecule has 0 bridgehead atoms. The van der Waals surface area contributed by atoms with Gasteiger partial charge in [-0.3, -0.25) is 20.4 Å². The van der Waals surface area contributed by atoms with Crippen LogP contribution in [0.25, 0.3) is 11.3 Å². The molecule has 156 valence electrons. The summed E-state index contributed by atoms with van der Waals surface area (Å²) in [5.41, 5.74) is 8.91. The van der Waals surface area contributed by atoms with E-state index in [9.17, 15) is 9.59 Å². The molecule has 0 atom stereocenters. The first-order valence-corrected chi connectivity index (χ1v) is 9.69. The predicted octanol–water partition coefficient (Wildman–Crippen LogP) is 3.43. The van der Waals surface area contributed by atoms with E-state index < -0.39 is 5.91 Å². The van der Waals surface area contributed by atoms with Crippen LogP contribution in [0.2, 0.25) is 0 Å². The first kappa shape index (κ1) is 21.1. The van der Waals surface area contributed by atoms with E-state index in [4.69, 9.17) is 9.15 Å². The Kier molecular flexibility index (Phi) is 6.85.